The smallest absolute Gasteiger partial charge is 0.335 e. The van der Waals surface area contributed by atoms with Gasteiger partial charge in [-0.2, -0.15) is 0 Å². The fourth-order valence-electron chi connectivity index (χ4n) is 2.69. The molecule has 0 spiro atoms. The maximum Gasteiger partial charge on any atom is 0.335 e. The second-order valence-corrected chi connectivity index (χ2v) is 5.69. The van der Waals surface area contributed by atoms with Crippen LogP contribution in [0.5, 0.6) is 5.75 Å². The summed E-state index contributed by atoms with van der Waals surface area (Å²) in [7, 11) is 0. The van der Waals surface area contributed by atoms with Crippen LogP contribution >= 0.6 is 0 Å². The molecule has 0 unspecified atom stereocenters. The van der Waals surface area contributed by atoms with Gasteiger partial charge in [0.25, 0.3) is 0 Å². The van der Waals surface area contributed by atoms with Crippen LogP contribution < -0.4 is 4.74 Å². The van der Waals surface area contributed by atoms with E-state index in [9.17, 15) is 9.59 Å². The predicted molar refractivity (Wildman–Crippen MR) is 99.0 cm³/mol. The largest absolute Gasteiger partial charge is 0.463 e. The van der Waals surface area contributed by atoms with E-state index in [4.69, 9.17) is 13.9 Å². The number of rotatable bonds is 7. The number of furan rings is 1. The van der Waals surface area contributed by atoms with Crippen LogP contribution in [-0.4, -0.2) is 18.5 Å². The summed E-state index contributed by atoms with van der Waals surface area (Å²) in [6, 6.07) is 11.3. The molecular formula is C21H18O5. The van der Waals surface area contributed by atoms with Gasteiger partial charge >= 0.3 is 11.9 Å². The van der Waals surface area contributed by atoms with Crippen LogP contribution in [0.2, 0.25) is 0 Å². The Balaban J connectivity index is 1.77. The number of benzene rings is 2. The molecule has 0 amide bonds. The number of esters is 2. The van der Waals surface area contributed by atoms with Gasteiger partial charge in [-0.15, -0.1) is 0 Å². The number of carbonyl (C=O) groups is 2. The summed E-state index contributed by atoms with van der Waals surface area (Å²) in [6.07, 6.45) is 3.75. The summed E-state index contributed by atoms with van der Waals surface area (Å²) in [6.45, 7) is 7.09. The molecule has 1 aromatic heterocycles. The van der Waals surface area contributed by atoms with Crippen molar-refractivity contribution in [3.8, 4) is 5.75 Å². The first-order valence-electron chi connectivity index (χ1n) is 8.19. The third kappa shape index (κ3) is 3.83. The predicted octanol–water partition coefficient (Wildman–Crippen LogP) is 4.34. The Kier molecular flexibility index (Phi) is 5.17. The van der Waals surface area contributed by atoms with Crippen LogP contribution in [0.25, 0.3) is 21.9 Å². The topological polar surface area (TPSA) is 65.7 Å². The summed E-state index contributed by atoms with van der Waals surface area (Å²) < 4.78 is 16.0. The zero-order chi connectivity index (χ0) is 18.5. The molecule has 3 rings (SSSR count). The van der Waals surface area contributed by atoms with E-state index in [0.29, 0.717) is 24.4 Å². The molecule has 0 N–H and O–H groups in total. The Morgan fingerprint density at radius 3 is 2.38 bits per heavy atom. The van der Waals surface area contributed by atoms with Crippen LogP contribution in [0.15, 0.2) is 66.1 Å². The lowest BCUT2D eigenvalue weighted by Crippen LogP contribution is -2.02. The van der Waals surface area contributed by atoms with Crippen LogP contribution in [0, 0.1) is 0 Å². The molecule has 1 heterocycles. The molecule has 0 aliphatic carbocycles. The standard InChI is InChI=1S/C21H18O5/c1-3-20(22)24-11-5-6-14-7-9-16-17-10-8-15(25-21(23)4-2)13-19(17)26-18(16)12-14/h3-4,7-10,12-13H,1-2,5-6,11H2. The minimum Gasteiger partial charge on any atom is -0.463 e. The van der Waals surface area contributed by atoms with Gasteiger partial charge in [-0.25, -0.2) is 9.59 Å². The minimum absolute atomic E-state index is 0.348. The van der Waals surface area contributed by atoms with E-state index in [1.165, 1.54) is 0 Å². The molecule has 3 aromatic rings. The Morgan fingerprint density at radius 1 is 0.962 bits per heavy atom. The van der Waals surface area contributed by atoms with Crippen molar-refractivity contribution in [3.63, 3.8) is 0 Å². The Hall–Kier alpha value is -3.34. The quantitative estimate of drug-likeness (QED) is 0.274. The highest BCUT2D eigenvalue weighted by molar-refractivity contribution is 6.05. The van der Waals surface area contributed by atoms with Gasteiger partial charge in [0.2, 0.25) is 0 Å². The Labute approximate surface area is 150 Å². The van der Waals surface area contributed by atoms with E-state index < -0.39 is 11.9 Å². The fourth-order valence-corrected chi connectivity index (χ4v) is 2.69. The first-order chi connectivity index (χ1) is 12.6. The van der Waals surface area contributed by atoms with E-state index in [0.717, 1.165) is 40.5 Å². The second kappa shape index (κ2) is 7.70. The monoisotopic (exact) mass is 350 g/mol. The lowest BCUT2D eigenvalue weighted by atomic mass is 10.1. The molecule has 0 aliphatic rings. The van der Waals surface area contributed by atoms with Gasteiger partial charge in [-0.1, -0.05) is 25.3 Å². The van der Waals surface area contributed by atoms with Crippen LogP contribution in [0.3, 0.4) is 0 Å². The van der Waals surface area contributed by atoms with E-state index in [1.807, 2.05) is 24.3 Å². The zero-order valence-electron chi connectivity index (χ0n) is 14.2. The van der Waals surface area contributed by atoms with E-state index in [2.05, 4.69) is 13.2 Å². The molecule has 0 bridgehead atoms. The Morgan fingerprint density at radius 2 is 1.65 bits per heavy atom. The number of fused-ring (bicyclic) bond motifs is 3. The molecule has 0 aliphatic heterocycles. The van der Waals surface area contributed by atoms with Crippen molar-refractivity contribution in [2.45, 2.75) is 12.8 Å². The first-order valence-corrected chi connectivity index (χ1v) is 8.19. The minimum atomic E-state index is -0.514. The number of ether oxygens (including phenoxy) is 2. The van der Waals surface area contributed by atoms with E-state index in [1.54, 1.807) is 12.1 Å². The van der Waals surface area contributed by atoms with Gasteiger partial charge in [0.05, 0.1) is 6.61 Å². The lowest BCUT2D eigenvalue weighted by molar-refractivity contribution is -0.137. The molecule has 5 heteroatoms. The van der Waals surface area contributed by atoms with E-state index >= 15 is 0 Å². The average Bonchev–Trinajstić information content (AvgIpc) is 3.01. The summed E-state index contributed by atoms with van der Waals surface area (Å²) in [4.78, 5) is 22.3. The normalized spacial score (nSPS) is 10.6. The summed E-state index contributed by atoms with van der Waals surface area (Å²) >= 11 is 0. The molecule has 0 atom stereocenters. The summed E-state index contributed by atoms with van der Waals surface area (Å²) in [5, 5.41) is 1.94. The first kappa shape index (κ1) is 17.5. The SMILES string of the molecule is C=CC(=O)OCCCc1ccc2c(c1)oc1cc(OC(=O)C=C)ccc12. The van der Waals surface area contributed by atoms with Crippen molar-refractivity contribution in [3.05, 3.63) is 67.3 Å². The zero-order valence-corrected chi connectivity index (χ0v) is 14.2. The van der Waals surface area contributed by atoms with Crippen molar-refractivity contribution in [1.82, 2.24) is 0 Å². The fraction of sp³-hybridized carbons (Fsp3) is 0.143. The molecule has 132 valence electrons. The van der Waals surface area contributed by atoms with Gasteiger partial charge in [0.15, 0.2) is 0 Å². The van der Waals surface area contributed by atoms with Gasteiger partial charge in [0, 0.05) is 29.0 Å². The van der Waals surface area contributed by atoms with Crippen LogP contribution in [-0.2, 0) is 20.7 Å². The third-order valence-electron chi connectivity index (χ3n) is 3.92. The molecule has 0 saturated heterocycles. The van der Waals surface area contributed by atoms with Crippen LogP contribution in [0.4, 0.5) is 0 Å². The van der Waals surface area contributed by atoms with Crippen molar-refractivity contribution >= 4 is 33.9 Å². The van der Waals surface area contributed by atoms with Gasteiger partial charge in [-0.3, -0.25) is 0 Å². The number of aryl methyl sites for hydroxylation is 1. The Bertz CT molecular complexity index is 996. The molecule has 0 fully saturated rings. The molecule has 26 heavy (non-hydrogen) atoms. The summed E-state index contributed by atoms with van der Waals surface area (Å²) in [5.41, 5.74) is 2.49. The van der Waals surface area contributed by atoms with Crippen molar-refractivity contribution in [1.29, 1.82) is 0 Å². The molecule has 0 saturated carbocycles. The van der Waals surface area contributed by atoms with Crippen LogP contribution in [0.1, 0.15) is 12.0 Å². The van der Waals surface area contributed by atoms with Crippen molar-refractivity contribution < 1.29 is 23.5 Å². The molecular weight excluding hydrogens is 332 g/mol. The number of carbonyl (C=O) groups excluding carboxylic acids is 2. The second-order valence-electron chi connectivity index (χ2n) is 5.69. The maximum absolute atomic E-state index is 11.3. The average molecular weight is 350 g/mol. The van der Waals surface area contributed by atoms with E-state index in [-0.39, 0.29) is 0 Å². The maximum atomic E-state index is 11.3. The van der Waals surface area contributed by atoms with Crippen molar-refractivity contribution in [2.75, 3.05) is 6.61 Å². The number of hydrogen-bond acceptors (Lipinski definition) is 5. The van der Waals surface area contributed by atoms with Crippen molar-refractivity contribution in [2.24, 2.45) is 0 Å². The van der Waals surface area contributed by atoms with Gasteiger partial charge in [0.1, 0.15) is 16.9 Å². The highest BCUT2D eigenvalue weighted by atomic mass is 16.5. The molecule has 5 nitrogen and oxygen atoms in total. The third-order valence-corrected chi connectivity index (χ3v) is 3.92. The molecule has 2 aromatic carbocycles. The highest BCUT2D eigenvalue weighted by Gasteiger charge is 2.10. The summed E-state index contributed by atoms with van der Waals surface area (Å²) in [5.74, 6) is -0.517. The van der Waals surface area contributed by atoms with Gasteiger partial charge < -0.3 is 13.9 Å². The lowest BCUT2D eigenvalue weighted by Gasteiger charge is -2.02. The highest BCUT2D eigenvalue weighted by Crippen LogP contribution is 2.32. The number of hydrogen-bond donors (Lipinski definition) is 0. The van der Waals surface area contributed by atoms with Gasteiger partial charge in [-0.05, 0) is 36.6 Å². The molecule has 0 radical (unpaired) electrons.